The van der Waals surface area contributed by atoms with Crippen LogP contribution in [0.5, 0.6) is 0 Å². The van der Waals surface area contributed by atoms with Crippen molar-refractivity contribution in [1.29, 1.82) is 0 Å². The normalized spacial score (nSPS) is 13.8. The molecule has 0 radical (unpaired) electrons. The number of rotatable bonds is 69. The Kier molecular flexibility index (Phi) is 71.5. The van der Waals surface area contributed by atoms with E-state index in [4.69, 9.17) is 24.3 Å². The maximum Gasteiger partial charge on any atom is 0.472 e. The zero-order chi connectivity index (χ0) is 65.8. The van der Waals surface area contributed by atoms with Crippen molar-refractivity contribution >= 4 is 19.8 Å². The Morgan fingerprint density at radius 1 is 0.341 bits per heavy atom. The second-order valence-electron chi connectivity index (χ2n) is 24.4. The second-order valence-corrected chi connectivity index (χ2v) is 25.9. The number of carbonyl (C=O) groups is 2. The van der Waals surface area contributed by atoms with Crippen LogP contribution < -0.4 is 5.73 Å². The van der Waals surface area contributed by atoms with E-state index in [1.807, 2.05) is 0 Å². The number of phosphoric ester groups is 1. The number of esters is 2. The van der Waals surface area contributed by atoms with Crippen molar-refractivity contribution in [3.8, 4) is 0 Å². The monoisotopic (exact) mass is 1280 g/mol. The fraction of sp³-hybridized carbons (Fsp3) is 0.679. The molecule has 0 rings (SSSR count). The maximum absolute atomic E-state index is 12.8. The van der Waals surface area contributed by atoms with Gasteiger partial charge in [0.15, 0.2) is 6.10 Å². The first-order valence-corrected chi connectivity index (χ1v) is 38.8. The van der Waals surface area contributed by atoms with Gasteiger partial charge in [-0.2, -0.15) is 0 Å². The number of nitrogens with two attached hydrogens (primary N) is 1. The van der Waals surface area contributed by atoms with Crippen LogP contribution in [0.3, 0.4) is 0 Å². The lowest BCUT2D eigenvalue weighted by Gasteiger charge is -2.19. The Morgan fingerprint density at radius 2 is 0.604 bits per heavy atom. The van der Waals surface area contributed by atoms with Gasteiger partial charge in [-0.15, -0.1) is 0 Å². The molecule has 2 atom stereocenters. The number of unbranched alkanes of at least 4 members (excludes halogenated alkanes) is 32. The second kappa shape index (κ2) is 74.9. The molecule has 0 saturated heterocycles. The van der Waals surface area contributed by atoms with Crippen molar-refractivity contribution in [2.24, 2.45) is 5.73 Å². The highest BCUT2D eigenvalue weighted by Crippen LogP contribution is 2.43. The molecular weight excluding hydrogens is 1150 g/mol. The number of hydrogen-bond donors (Lipinski definition) is 2. The van der Waals surface area contributed by atoms with Crippen molar-refractivity contribution in [1.82, 2.24) is 0 Å². The molecule has 9 nitrogen and oxygen atoms in total. The molecular formula is C81H138NO8P. The van der Waals surface area contributed by atoms with E-state index in [0.29, 0.717) is 6.42 Å². The van der Waals surface area contributed by atoms with Gasteiger partial charge >= 0.3 is 19.8 Å². The predicted molar refractivity (Wildman–Crippen MR) is 394 cm³/mol. The van der Waals surface area contributed by atoms with E-state index in [9.17, 15) is 19.0 Å². The minimum Gasteiger partial charge on any atom is -0.462 e. The topological polar surface area (TPSA) is 134 Å². The van der Waals surface area contributed by atoms with Gasteiger partial charge in [-0.25, -0.2) is 4.57 Å². The van der Waals surface area contributed by atoms with Gasteiger partial charge in [0.25, 0.3) is 0 Å². The highest BCUT2D eigenvalue weighted by Gasteiger charge is 2.26. The first kappa shape index (κ1) is 86.9. The summed E-state index contributed by atoms with van der Waals surface area (Å²) in [6.07, 6.45) is 108. The summed E-state index contributed by atoms with van der Waals surface area (Å²) in [5.41, 5.74) is 5.41. The van der Waals surface area contributed by atoms with Crippen molar-refractivity contribution in [3.05, 3.63) is 146 Å². The molecule has 10 heteroatoms. The lowest BCUT2D eigenvalue weighted by atomic mass is 10.0. The SMILES string of the molecule is CC/C=C\C/C=C\C/C=C\C/C=C\C/C=C\C/C=C\C/C=C\C/C=C\C/C=C\C/C=C\CCCCCCCCCCC(=O)OC(COC(=O)CCCCCCCCCCCCCCCCCCCCC/C=C\C/C=C\CCCCCCC)COP(=O)(O)OCCN. The molecule has 0 saturated carbocycles. The van der Waals surface area contributed by atoms with Crippen LogP contribution in [0.2, 0.25) is 0 Å². The molecule has 0 aliphatic rings. The van der Waals surface area contributed by atoms with Gasteiger partial charge in [0.05, 0.1) is 13.2 Å². The molecule has 2 unspecified atom stereocenters. The molecule has 0 spiro atoms. The van der Waals surface area contributed by atoms with E-state index in [1.165, 1.54) is 173 Å². The third kappa shape index (κ3) is 74.8. The Bertz CT molecular complexity index is 2010. The maximum atomic E-state index is 12.8. The highest BCUT2D eigenvalue weighted by atomic mass is 31.2. The molecule has 0 aromatic rings. The Labute approximate surface area is 560 Å². The van der Waals surface area contributed by atoms with Crippen molar-refractivity contribution < 1.29 is 37.6 Å². The quantitative estimate of drug-likeness (QED) is 0.0264. The molecule has 0 bridgehead atoms. The average molecular weight is 1280 g/mol. The summed E-state index contributed by atoms with van der Waals surface area (Å²) < 4.78 is 33.2. The predicted octanol–water partition coefficient (Wildman–Crippen LogP) is 25.0. The van der Waals surface area contributed by atoms with E-state index in [0.717, 1.165) is 116 Å². The van der Waals surface area contributed by atoms with Crippen molar-refractivity contribution in [2.45, 2.75) is 328 Å². The zero-order valence-corrected chi connectivity index (χ0v) is 59.4. The number of allylic oxidation sites excluding steroid dienone is 24. The van der Waals surface area contributed by atoms with Crippen LogP contribution >= 0.6 is 7.82 Å². The molecule has 0 amide bonds. The lowest BCUT2D eigenvalue weighted by Crippen LogP contribution is -2.29. The van der Waals surface area contributed by atoms with Crippen LogP contribution in [0.1, 0.15) is 322 Å². The minimum absolute atomic E-state index is 0.0465. The van der Waals surface area contributed by atoms with E-state index in [-0.39, 0.29) is 38.6 Å². The van der Waals surface area contributed by atoms with E-state index >= 15 is 0 Å². The summed E-state index contributed by atoms with van der Waals surface area (Å²) in [6, 6.07) is 0. The van der Waals surface area contributed by atoms with Gasteiger partial charge in [0.2, 0.25) is 0 Å². The van der Waals surface area contributed by atoms with Gasteiger partial charge in [0.1, 0.15) is 6.61 Å². The third-order valence-corrected chi connectivity index (χ3v) is 16.7. The van der Waals surface area contributed by atoms with Crippen LogP contribution in [0.4, 0.5) is 0 Å². The summed E-state index contributed by atoms with van der Waals surface area (Å²) in [5, 5.41) is 0. The van der Waals surface area contributed by atoms with Gasteiger partial charge < -0.3 is 20.1 Å². The summed E-state index contributed by atoms with van der Waals surface area (Å²) in [5.74, 6) is -0.835. The Hall–Kier alpha value is -4.11. The number of hydrogen-bond acceptors (Lipinski definition) is 8. The number of carbonyl (C=O) groups excluding carboxylic acids is 2. The summed E-state index contributed by atoms with van der Waals surface area (Å²) >= 11 is 0. The van der Waals surface area contributed by atoms with Gasteiger partial charge in [-0.1, -0.05) is 333 Å². The molecule has 0 aliphatic carbocycles. The standard InChI is InChI=1S/C81H138NO8P/c1-3-5-7-9-11-13-15-17-19-21-23-25-27-29-31-33-35-36-37-38-39-40-41-42-44-46-48-50-52-54-56-58-60-62-64-66-68-70-72-74-81(84)90-79(78-89-91(85,86)88-76-75-82)77-87-80(83)73-71-69-67-65-63-61-59-57-55-53-51-49-47-45-43-34-32-30-28-26-24-22-20-18-16-14-12-10-8-6-4-2/h5,7,11,13,16-19,22-25,29,31,35-36,38-39,41-42,46,48,52,54,79H,3-4,6,8-10,12,14-15,20-21,26-28,30,32-34,37,40,43-45,47,49-51,53,55-78,82H2,1-2H3,(H,85,86)/b7-5-,13-11-,18-16-,19-17-,24-22-,25-23-,31-29-,36-35-,39-38-,42-41-,48-46-,54-52-. The van der Waals surface area contributed by atoms with Gasteiger partial charge in [0, 0.05) is 19.4 Å². The molecule has 91 heavy (non-hydrogen) atoms. The largest absolute Gasteiger partial charge is 0.472 e. The highest BCUT2D eigenvalue weighted by molar-refractivity contribution is 7.47. The van der Waals surface area contributed by atoms with Crippen LogP contribution in [0.15, 0.2) is 146 Å². The fourth-order valence-electron chi connectivity index (χ4n) is 10.2. The minimum atomic E-state index is -4.41. The van der Waals surface area contributed by atoms with E-state index in [1.54, 1.807) is 0 Å². The molecule has 3 N–H and O–H groups in total. The molecule has 0 fully saturated rings. The Balaban J connectivity index is 3.93. The Morgan fingerprint density at radius 3 is 0.901 bits per heavy atom. The molecule has 0 aromatic carbocycles. The smallest absolute Gasteiger partial charge is 0.462 e. The summed E-state index contributed by atoms with van der Waals surface area (Å²) in [4.78, 5) is 35.4. The fourth-order valence-corrected chi connectivity index (χ4v) is 11.0. The van der Waals surface area contributed by atoms with E-state index < -0.39 is 26.5 Å². The average Bonchev–Trinajstić information content (AvgIpc) is 3.71. The molecule has 0 heterocycles. The van der Waals surface area contributed by atoms with E-state index in [2.05, 4.69) is 160 Å². The number of ether oxygens (including phenoxy) is 2. The van der Waals surface area contributed by atoms with Crippen LogP contribution in [-0.4, -0.2) is 49.3 Å². The summed E-state index contributed by atoms with van der Waals surface area (Å²) in [7, 11) is -4.41. The third-order valence-electron chi connectivity index (χ3n) is 15.7. The van der Waals surface area contributed by atoms with Crippen LogP contribution in [0, 0.1) is 0 Å². The van der Waals surface area contributed by atoms with Crippen LogP contribution in [-0.2, 0) is 32.7 Å². The lowest BCUT2D eigenvalue weighted by molar-refractivity contribution is -0.161. The zero-order valence-electron chi connectivity index (χ0n) is 58.5. The van der Waals surface area contributed by atoms with Crippen molar-refractivity contribution in [3.63, 3.8) is 0 Å². The van der Waals surface area contributed by atoms with Crippen molar-refractivity contribution in [2.75, 3.05) is 26.4 Å². The molecule has 0 aromatic heterocycles. The summed E-state index contributed by atoms with van der Waals surface area (Å²) in [6.45, 7) is 3.63. The number of phosphoric acid groups is 1. The molecule has 0 aliphatic heterocycles. The van der Waals surface area contributed by atoms with Gasteiger partial charge in [-0.05, 0) is 122 Å². The van der Waals surface area contributed by atoms with Crippen LogP contribution in [0.25, 0.3) is 0 Å². The first-order chi connectivity index (χ1) is 44.8. The first-order valence-electron chi connectivity index (χ1n) is 37.3. The van der Waals surface area contributed by atoms with Gasteiger partial charge in [-0.3, -0.25) is 18.6 Å². The molecule has 520 valence electrons.